The maximum absolute atomic E-state index is 7.00. The van der Waals surface area contributed by atoms with Crippen LogP contribution in [0.1, 0.15) is 65.3 Å². The third-order valence-corrected chi connectivity index (χ3v) is 16.4. The Kier molecular flexibility index (Phi) is 8.84. The fourth-order valence-corrected chi connectivity index (χ4v) is 12.1. The zero-order valence-corrected chi connectivity index (χ0v) is 41.6. The van der Waals surface area contributed by atoms with Crippen LogP contribution in [0.3, 0.4) is 0 Å². The van der Waals surface area contributed by atoms with E-state index in [2.05, 4.69) is 250 Å². The topological polar surface area (TPSA) is 49.3 Å². The molecular formula is C66H53N5O. The summed E-state index contributed by atoms with van der Waals surface area (Å²) in [6.07, 6.45) is 1.94. The highest BCUT2D eigenvalue weighted by Gasteiger charge is 2.48. The lowest BCUT2D eigenvalue weighted by Gasteiger charge is -2.46. The Morgan fingerprint density at radius 1 is 0.486 bits per heavy atom. The number of pyridine rings is 2. The average molecular weight is 932 g/mol. The molecule has 72 heavy (non-hydrogen) atoms. The summed E-state index contributed by atoms with van der Waals surface area (Å²) in [4.78, 5) is 10.6. The first-order chi connectivity index (χ1) is 34.9. The quantitative estimate of drug-likeness (QED) is 0.156. The van der Waals surface area contributed by atoms with Gasteiger partial charge in [-0.25, -0.2) is 9.97 Å². The fourth-order valence-electron chi connectivity index (χ4n) is 12.1. The highest BCUT2D eigenvalue weighted by Crippen LogP contribution is 2.54. The van der Waals surface area contributed by atoms with Crippen molar-refractivity contribution in [1.29, 1.82) is 0 Å². The largest absolute Gasteiger partial charge is 0.457 e. The van der Waals surface area contributed by atoms with Crippen molar-refractivity contribution in [2.24, 2.45) is 0 Å². The molecule has 0 radical (unpaired) electrons. The van der Waals surface area contributed by atoms with Crippen molar-refractivity contribution in [3.8, 4) is 45.4 Å². The molecule has 1 aliphatic heterocycles. The van der Waals surface area contributed by atoms with Gasteiger partial charge in [0.1, 0.15) is 23.0 Å². The molecule has 0 fully saturated rings. The molecule has 14 rings (SSSR count). The minimum absolute atomic E-state index is 0.0635. The van der Waals surface area contributed by atoms with Gasteiger partial charge in [0.25, 0.3) is 0 Å². The van der Waals surface area contributed by atoms with Gasteiger partial charge in [-0.1, -0.05) is 152 Å². The Morgan fingerprint density at radius 2 is 1.18 bits per heavy atom. The summed E-state index contributed by atoms with van der Waals surface area (Å²) >= 11 is 0. The minimum atomic E-state index is -0.229. The third-order valence-electron chi connectivity index (χ3n) is 16.4. The maximum atomic E-state index is 7.00. The number of aromatic nitrogens is 5. The average Bonchev–Trinajstić information content (AvgIpc) is 4.07. The second-order valence-corrected chi connectivity index (χ2v) is 21.9. The van der Waals surface area contributed by atoms with Crippen LogP contribution in [0.15, 0.2) is 194 Å². The summed E-state index contributed by atoms with van der Waals surface area (Å²) in [6, 6.07) is 68.0. The van der Waals surface area contributed by atoms with Crippen molar-refractivity contribution in [3.05, 3.63) is 211 Å². The second kappa shape index (κ2) is 15.0. The van der Waals surface area contributed by atoms with E-state index in [0.717, 1.165) is 78.1 Å². The monoisotopic (exact) mass is 931 g/mol. The first-order valence-electron chi connectivity index (χ1n) is 25.1. The number of imidazole rings is 1. The molecular weight excluding hydrogens is 879 g/mol. The van der Waals surface area contributed by atoms with Gasteiger partial charge in [-0.3, -0.25) is 8.97 Å². The molecule has 1 aliphatic rings. The summed E-state index contributed by atoms with van der Waals surface area (Å²) in [5.41, 5.74) is 15.7. The smallest absolute Gasteiger partial charge is 0.146 e. The van der Waals surface area contributed by atoms with Crippen LogP contribution < -0.4 is 4.74 Å². The number of para-hydroxylation sites is 3. The van der Waals surface area contributed by atoms with Gasteiger partial charge in [-0.2, -0.15) is 0 Å². The summed E-state index contributed by atoms with van der Waals surface area (Å²) in [6.45, 7) is 16.3. The number of hydrogen-bond donors (Lipinski definition) is 0. The second-order valence-electron chi connectivity index (χ2n) is 21.9. The number of benzene rings is 8. The number of nitrogens with zero attached hydrogens (tertiary/aromatic N) is 5. The Hall–Kier alpha value is -8.48. The molecule has 0 saturated carbocycles. The van der Waals surface area contributed by atoms with Crippen LogP contribution in [-0.2, 0) is 16.2 Å². The molecule has 6 heteroatoms. The van der Waals surface area contributed by atoms with Gasteiger partial charge in [0.2, 0.25) is 0 Å². The van der Waals surface area contributed by atoms with Crippen LogP contribution >= 0.6 is 0 Å². The number of rotatable bonds is 6. The Bertz CT molecular complexity index is 4390. The standard InChI is InChI=1S/C66H53N5O/c1-64(2,3)42-34-35-67-58(37-42)70-55-33-28-41(46-23-17-27-56-59(46)50-22-14-15-26-54(50)69(56)43-20-12-9-13-21-43)36-51(55)48-32-30-45(39-57(48)70)72-44-29-31-47-49-24-16-25-53-61(49)71-62(66(6,7)65(53,4)5)60(40-18-10-8-11-19-40)68-63(71)52(47)38-44/h8-39H,1-7H3. The van der Waals surface area contributed by atoms with Crippen molar-refractivity contribution in [2.75, 3.05) is 0 Å². The summed E-state index contributed by atoms with van der Waals surface area (Å²) < 4.78 is 14.2. The lowest BCUT2D eigenvalue weighted by molar-refractivity contribution is 0.289. The van der Waals surface area contributed by atoms with Crippen molar-refractivity contribution >= 4 is 70.9 Å². The van der Waals surface area contributed by atoms with Crippen molar-refractivity contribution < 1.29 is 4.74 Å². The fraction of sp³-hybridized carbons (Fsp3) is 0.152. The number of fused-ring (bicyclic) bond motifs is 9. The van der Waals surface area contributed by atoms with Crippen LogP contribution in [0.4, 0.5) is 0 Å². The molecule has 0 spiro atoms. The normalized spacial score (nSPS) is 14.3. The highest BCUT2D eigenvalue weighted by molar-refractivity contribution is 6.18. The van der Waals surface area contributed by atoms with Gasteiger partial charge >= 0.3 is 0 Å². The van der Waals surface area contributed by atoms with E-state index in [0.29, 0.717) is 0 Å². The molecule has 348 valence electrons. The van der Waals surface area contributed by atoms with Gasteiger partial charge < -0.3 is 9.30 Å². The van der Waals surface area contributed by atoms with Crippen molar-refractivity contribution in [3.63, 3.8) is 0 Å². The van der Waals surface area contributed by atoms with E-state index < -0.39 is 0 Å². The van der Waals surface area contributed by atoms with Gasteiger partial charge in [0, 0.05) is 66.7 Å². The lowest BCUT2D eigenvalue weighted by Crippen LogP contribution is -2.44. The van der Waals surface area contributed by atoms with Crippen LogP contribution in [0.2, 0.25) is 0 Å². The van der Waals surface area contributed by atoms with Gasteiger partial charge in [0.05, 0.1) is 39.0 Å². The Labute approximate surface area is 418 Å². The zero-order chi connectivity index (χ0) is 48.8. The summed E-state index contributed by atoms with van der Waals surface area (Å²) in [5, 5.41) is 8.19. The highest BCUT2D eigenvalue weighted by atomic mass is 16.5. The first kappa shape index (κ1) is 42.4. The lowest BCUT2D eigenvalue weighted by atomic mass is 9.60. The predicted molar refractivity (Wildman–Crippen MR) is 299 cm³/mol. The molecule has 0 atom stereocenters. The van der Waals surface area contributed by atoms with E-state index in [1.165, 1.54) is 55.1 Å². The molecule has 6 heterocycles. The van der Waals surface area contributed by atoms with E-state index in [9.17, 15) is 0 Å². The molecule has 0 amide bonds. The maximum Gasteiger partial charge on any atom is 0.146 e. The first-order valence-corrected chi connectivity index (χ1v) is 25.1. The van der Waals surface area contributed by atoms with Crippen LogP contribution in [0.25, 0.3) is 105 Å². The van der Waals surface area contributed by atoms with Gasteiger partial charge in [-0.05, 0) is 112 Å². The van der Waals surface area contributed by atoms with Crippen LogP contribution in [0, 0.1) is 0 Å². The molecule has 0 aliphatic carbocycles. The molecule has 0 N–H and O–H groups in total. The third kappa shape index (κ3) is 5.96. The SMILES string of the molecule is CC(C)(C)c1ccnc(-n2c3ccc(-c4cccc5c4c4ccccc4n5-c4ccccc4)cc3c3ccc(Oc4ccc5c(c4)c4nc(-c6ccccc6)c6n4c4c(cccc54)C(C)(C)C6(C)C)cc32)c1. The molecule has 13 aromatic rings. The van der Waals surface area contributed by atoms with E-state index in [1.54, 1.807) is 0 Å². The van der Waals surface area contributed by atoms with Crippen molar-refractivity contribution in [2.45, 2.75) is 64.7 Å². The van der Waals surface area contributed by atoms with Crippen molar-refractivity contribution in [1.82, 2.24) is 23.5 Å². The summed E-state index contributed by atoms with van der Waals surface area (Å²) in [7, 11) is 0. The zero-order valence-electron chi connectivity index (χ0n) is 41.6. The molecule has 8 aromatic carbocycles. The molecule has 0 unspecified atom stereocenters. The van der Waals surface area contributed by atoms with Crippen LogP contribution in [0.5, 0.6) is 11.5 Å². The minimum Gasteiger partial charge on any atom is -0.457 e. The van der Waals surface area contributed by atoms with Crippen LogP contribution in [-0.4, -0.2) is 23.5 Å². The number of ether oxygens (including phenoxy) is 1. The van der Waals surface area contributed by atoms with E-state index >= 15 is 0 Å². The summed E-state index contributed by atoms with van der Waals surface area (Å²) in [5.74, 6) is 2.37. The predicted octanol–water partition coefficient (Wildman–Crippen LogP) is 17.2. The Balaban J connectivity index is 0.955. The molecule has 0 saturated heterocycles. The van der Waals surface area contributed by atoms with E-state index in [4.69, 9.17) is 14.7 Å². The van der Waals surface area contributed by atoms with Gasteiger partial charge in [-0.15, -0.1) is 0 Å². The molecule has 5 aromatic heterocycles. The van der Waals surface area contributed by atoms with E-state index in [1.807, 2.05) is 6.20 Å². The Morgan fingerprint density at radius 3 is 1.99 bits per heavy atom. The number of hydrogen-bond acceptors (Lipinski definition) is 3. The van der Waals surface area contributed by atoms with E-state index in [-0.39, 0.29) is 16.2 Å². The molecule has 0 bridgehead atoms. The van der Waals surface area contributed by atoms with Gasteiger partial charge in [0.15, 0.2) is 0 Å². The molecule has 6 nitrogen and oxygen atoms in total.